The molecule has 3 rings (SSSR count). The molecule has 1 aliphatic heterocycles. The van der Waals surface area contributed by atoms with E-state index in [0.29, 0.717) is 5.69 Å². The molecule has 2 heterocycles. The molecule has 0 aliphatic carbocycles. The van der Waals surface area contributed by atoms with E-state index in [1.807, 2.05) is 29.2 Å². The number of likely N-dealkylation sites (tertiary alicyclic amines) is 1. The lowest BCUT2D eigenvalue weighted by Gasteiger charge is -2.30. The predicted molar refractivity (Wildman–Crippen MR) is 86.0 cm³/mol. The Hall–Kier alpha value is -2.23. The van der Waals surface area contributed by atoms with Crippen LogP contribution in [0.4, 0.5) is 0 Å². The van der Waals surface area contributed by atoms with Crippen LogP contribution in [0.1, 0.15) is 47.8 Å². The Morgan fingerprint density at radius 3 is 2.68 bits per heavy atom. The molecule has 0 spiro atoms. The third-order valence-corrected chi connectivity index (χ3v) is 4.34. The molecular formula is C18H22N2O2. The van der Waals surface area contributed by atoms with Crippen LogP contribution in [0.2, 0.25) is 0 Å². The third kappa shape index (κ3) is 3.01. The second-order valence-corrected chi connectivity index (χ2v) is 5.72. The van der Waals surface area contributed by atoms with Crippen LogP contribution in [0.3, 0.4) is 0 Å². The normalized spacial score (nSPS) is 18.8. The molecule has 1 fully saturated rings. The number of benzene rings is 1. The lowest BCUT2D eigenvalue weighted by molar-refractivity contribution is 0.0675. The van der Waals surface area contributed by atoms with Crippen LogP contribution in [0.15, 0.2) is 42.6 Å². The summed E-state index contributed by atoms with van der Waals surface area (Å²) in [6, 6.07) is 11.9. The van der Waals surface area contributed by atoms with E-state index in [1.54, 1.807) is 13.3 Å². The number of nitrogens with one attached hydrogen (secondary N) is 1. The average Bonchev–Trinajstić information content (AvgIpc) is 2.99. The first-order chi connectivity index (χ1) is 10.8. The van der Waals surface area contributed by atoms with Gasteiger partial charge in [0.15, 0.2) is 0 Å². The van der Waals surface area contributed by atoms with Gasteiger partial charge in [-0.1, -0.05) is 25.0 Å². The average molecular weight is 298 g/mol. The van der Waals surface area contributed by atoms with Crippen LogP contribution in [0.25, 0.3) is 0 Å². The van der Waals surface area contributed by atoms with E-state index in [1.165, 1.54) is 12.0 Å². The lowest BCUT2D eigenvalue weighted by Crippen LogP contribution is -2.35. The Morgan fingerprint density at radius 1 is 1.18 bits per heavy atom. The monoisotopic (exact) mass is 298 g/mol. The molecule has 4 nitrogen and oxygen atoms in total. The van der Waals surface area contributed by atoms with Crippen LogP contribution in [0.5, 0.6) is 5.75 Å². The molecule has 22 heavy (non-hydrogen) atoms. The first-order valence-electron chi connectivity index (χ1n) is 7.88. The smallest absolute Gasteiger partial charge is 0.270 e. The molecule has 1 aliphatic rings. The number of hydrogen-bond acceptors (Lipinski definition) is 2. The van der Waals surface area contributed by atoms with Crippen molar-refractivity contribution < 1.29 is 9.53 Å². The molecule has 2 aromatic rings. The Morgan fingerprint density at radius 2 is 2.00 bits per heavy atom. The van der Waals surface area contributed by atoms with Crippen LogP contribution in [-0.4, -0.2) is 29.4 Å². The first kappa shape index (κ1) is 14.7. The fourth-order valence-electron chi connectivity index (χ4n) is 3.14. The van der Waals surface area contributed by atoms with Gasteiger partial charge in [0.25, 0.3) is 5.91 Å². The van der Waals surface area contributed by atoms with Crippen LogP contribution in [0, 0.1) is 0 Å². The number of nitrogens with zero attached hydrogens (tertiary/aromatic N) is 1. The van der Waals surface area contributed by atoms with Crippen molar-refractivity contribution in [1.29, 1.82) is 0 Å². The number of hydrogen-bond donors (Lipinski definition) is 1. The summed E-state index contributed by atoms with van der Waals surface area (Å²) >= 11 is 0. The number of rotatable bonds is 3. The highest BCUT2D eigenvalue weighted by atomic mass is 16.5. The molecule has 1 amide bonds. The highest BCUT2D eigenvalue weighted by Crippen LogP contribution is 2.32. The minimum atomic E-state index is 0.0905. The molecule has 4 heteroatoms. The predicted octanol–water partition coefficient (Wildman–Crippen LogP) is 3.78. The van der Waals surface area contributed by atoms with Gasteiger partial charge in [0.05, 0.1) is 13.2 Å². The van der Waals surface area contributed by atoms with Gasteiger partial charge in [-0.15, -0.1) is 0 Å². The van der Waals surface area contributed by atoms with Crippen molar-refractivity contribution >= 4 is 5.91 Å². The zero-order valence-corrected chi connectivity index (χ0v) is 12.9. The zero-order chi connectivity index (χ0) is 15.4. The standard InChI is InChI=1S/C18H22N2O2/c1-22-15-10-8-14(9-11-15)17-7-3-2-4-13-20(17)18(21)16-6-5-12-19-16/h5-6,8-12,17,19H,2-4,7,13H2,1H3/t17-/m0/s1. The molecule has 1 N–H and O–H groups in total. The molecule has 1 aromatic carbocycles. The SMILES string of the molecule is COc1ccc([C@@H]2CCCCCN2C(=O)c2ccc[nH]2)cc1. The Balaban J connectivity index is 1.88. The maximum absolute atomic E-state index is 12.8. The second kappa shape index (κ2) is 6.69. The zero-order valence-electron chi connectivity index (χ0n) is 12.9. The number of ether oxygens (including phenoxy) is 1. The van der Waals surface area contributed by atoms with Crippen molar-refractivity contribution in [2.75, 3.05) is 13.7 Å². The topological polar surface area (TPSA) is 45.3 Å². The number of aromatic amines is 1. The van der Waals surface area contributed by atoms with Crippen LogP contribution >= 0.6 is 0 Å². The number of H-pyrrole nitrogens is 1. The molecule has 0 unspecified atom stereocenters. The molecule has 1 aromatic heterocycles. The summed E-state index contributed by atoms with van der Waals surface area (Å²) in [5.74, 6) is 0.937. The Labute approximate surface area is 131 Å². The Bertz CT molecular complexity index is 605. The van der Waals surface area contributed by atoms with Crippen molar-refractivity contribution in [3.8, 4) is 5.75 Å². The van der Waals surface area contributed by atoms with Crippen molar-refractivity contribution in [3.05, 3.63) is 53.9 Å². The van der Waals surface area contributed by atoms with E-state index in [9.17, 15) is 4.79 Å². The number of aromatic nitrogens is 1. The Kier molecular flexibility index (Phi) is 4.47. The highest BCUT2D eigenvalue weighted by Gasteiger charge is 2.27. The van der Waals surface area contributed by atoms with Gasteiger partial charge < -0.3 is 14.6 Å². The van der Waals surface area contributed by atoms with E-state index in [-0.39, 0.29) is 11.9 Å². The van der Waals surface area contributed by atoms with Gasteiger partial charge in [0.1, 0.15) is 11.4 Å². The summed E-state index contributed by atoms with van der Waals surface area (Å²) in [7, 11) is 1.67. The second-order valence-electron chi connectivity index (χ2n) is 5.72. The van der Waals surface area contributed by atoms with Gasteiger partial charge in [-0.3, -0.25) is 4.79 Å². The highest BCUT2D eigenvalue weighted by molar-refractivity contribution is 5.92. The maximum Gasteiger partial charge on any atom is 0.270 e. The minimum absolute atomic E-state index is 0.0905. The van der Waals surface area contributed by atoms with Gasteiger partial charge in [-0.2, -0.15) is 0 Å². The summed E-state index contributed by atoms with van der Waals surface area (Å²) in [6.45, 7) is 0.814. The van der Waals surface area contributed by atoms with Gasteiger partial charge >= 0.3 is 0 Å². The fourth-order valence-corrected chi connectivity index (χ4v) is 3.14. The molecule has 0 saturated carbocycles. The molecule has 116 valence electrons. The number of methoxy groups -OCH3 is 1. The van der Waals surface area contributed by atoms with Crippen molar-refractivity contribution in [3.63, 3.8) is 0 Å². The maximum atomic E-state index is 12.8. The third-order valence-electron chi connectivity index (χ3n) is 4.34. The molecular weight excluding hydrogens is 276 g/mol. The largest absolute Gasteiger partial charge is 0.497 e. The van der Waals surface area contributed by atoms with Crippen molar-refractivity contribution in [2.45, 2.75) is 31.7 Å². The molecule has 0 radical (unpaired) electrons. The van der Waals surface area contributed by atoms with Crippen LogP contribution < -0.4 is 4.74 Å². The van der Waals surface area contributed by atoms with Gasteiger partial charge in [-0.05, 0) is 42.7 Å². The van der Waals surface area contributed by atoms with Gasteiger partial charge in [-0.25, -0.2) is 0 Å². The summed E-state index contributed by atoms with van der Waals surface area (Å²) < 4.78 is 5.23. The number of carbonyl (C=O) groups excluding carboxylic acids is 1. The first-order valence-corrected chi connectivity index (χ1v) is 7.88. The number of carbonyl (C=O) groups is 1. The van der Waals surface area contributed by atoms with Gasteiger partial charge in [0.2, 0.25) is 0 Å². The van der Waals surface area contributed by atoms with Gasteiger partial charge in [0, 0.05) is 12.7 Å². The molecule has 1 saturated heterocycles. The minimum Gasteiger partial charge on any atom is -0.497 e. The molecule has 1 atom stereocenters. The van der Waals surface area contributed by atoms with E-state index < -0.39 is 0 Å². The summed E-state index contributed by atoms with van der Waals surface area (Å²) in [4.78, 5) is 17.8. The summed E-state index contributed by atoms with van der Waals surface area (Å²) in [5.41, 5.74) is 1.85. The van der Waals surface area contributed by atoms with E-state index in [4.69, 9.17) is 4.74 Å². The summed E-state index contributed by atoms with van der Waals surface area (Å²) in [5, 5.41) is 0. The van der Waals surface area contributed by atoms with E-state index in [0.717, 1.165) is 31.6 Å². The molecule has 0 bridgehead atoms. The van der Waals surface area contributed by atoms with Crippen molar-refractivity contribution in [2.24, 2.45) is 0 Å². The van der Waals surface area contributed by atoms with E-state index >= 15 is 0 Å². The fraction of sp³-hybridized carbons (Fsp3) is 0.389. The van der Waals surface area contributed by atoms with Crippen LogP contribution in [-0.2, 0) is 0 Å². The van der Waals surface area contributed by atoms with Crippen molar-refractivity contribution in [1.82, 2.24) is 9.88 Å². The lowest BCUT2D eigenvalue weighted by atomic mass is 10.0. The quantitative estimate of drug-likeness (QED) is 0.937. The number of amides is 1. The van der Waals surface area contributed by atoms with E-state index in [2.05, 4.69) is 17.1 Å². The summed E-state index contributed by atoms with van der Waals surface area (Å²) in [6.07, 6.45) is 6.22.